The van der Waals surface area contributed by atoms with Crippen molar-refractivity contribution in [2.75, 3.05) is 32.7 Å². The van der Waals surface area contributed by atoms with E-state index in [1.165, 1.54) is 9.87 Å². The quantitative estimate of drug-likeness (QED) is 0.616. The minimum Gasteiger partial charge on any atom is -0.360 e. The molecule has 0 bridgehead atoms. The van der Waals surface area contributed by atoms with Crippen molar-refractivity contribution in [2.24, 2.45) is 5.92 Å². The van der Waals surface area contributed by atoms with Crippen LogP contribution in [0.5, 0.6) is 0 Å². The molecule has 1 unspecified atom stereocenters. The molecule has 0 radical (unpaired) electrons. The van der Waals surface area contributed by atoms with Crippen molar-refractivity contribution in [1.82, 2.24) is 19.7 Å². The van der Waals surface area contributed by atoms with E-state index >= 15 is 0 Å². The van der Waals surface area contributed by atoms with Gasteiger partial charge in [-0.1, -0.05) is 49.3 Å². The van der Waals surface area contributed by atoms with E-state index in [9.17, 15) is 13.2 Å². The number of sulfonamides is 1. The maximum atomic E-state index is 13.0. The molecule has 2 aromatic rings. The molecule has 3 rings (SSSR count). The second-order valence-corrected chi connectivity index (χ2v) is 10.1. The summed E-state index contributed by atoms with van der Waals surface area (Å²) in [6.07, 6.45) is 0.991. The Labute approximate surface area is 191 Å². The van der Waals surface area contributed by atoms with Crippen LogP contribution in [0.1, 0.15) is 49.7 Å². The lowest BCUT2D eigenvalue weighted by Gasteiger charge is -2.33. The van der Waals surface area contributed by atoms with Crippen LogP contribution >= 0.6 is 0 Å². The third-order valence-corrected chi connectivity index (χ3v) is 8.44. The van der Waals surface area contributed by atoms with Gasteiger partial charge in [-0.25, -0.2) is 8.42 Å². The van der Waals surface area contributed by atoms with Gasteiger partial charge in [0.25, 0.3) is 0 Å². The summed E-state index contributed by atoms with van der Waals surface area (Å²) in [6.45, 7) is 10.4. The molecule has 1 N–H and O–H groups in total. The SMILES string of the molecule is CCN(CC)C(CNC(=O)C1CCN(S(=O)(=O)c2c(C)noc2C)CC1)c1ccccc1. The average molecular weight is 463 g/mol. The second-order valence-electron chi connectivity index (χ2n) is 8.22. The fourth-order valence-corrected chi connectivity index (χ4v) is 6.23. The molecule has 1 fully saturated rings. The molecule has 1 saturated heterocycles. The Kier molecular flexibility index (Phi) is 8.08. The molecule has 1 amide bonds. The summed E-state index contributed by atoms with van der Waals surface area (Å²) in [5.74, 6) is 0.0949. The number of amides is 1. The first-order valence-corrected chi connectivity index (χ1v) is 12.7. The number of aryl methyl sites for hydroxylation is 2. The summed E-state index contributed by atoms with van der Waals surface area (Å²) >= 11 is 0. The van der Waals surface area contributed by atoms with E-state index in [-0.39, 0.29) is 22.8 Å². The van der Waals surface area contributed by atoms with Crippen LogP contribution in [-0.4, -0.2) is 61.4 Å². The van der Waals surface area contributed by atoms with Crippen molar-refractivity contribution in [3.05, 3.63) is 47.3 Å². The van der Waals surface area contributed by atoms with Gasteiger partial charge < -0.3 is 9.84 Å². The van der Waals surface area contributed by atoms with Crippen molar-refractivity contribution in [3.63, 3.8) is 0 Å². The lowest BCUT2D eigenvalue weighted by molar-refractivity contribution is -0.126. The van der Waals surface area contributed by atoms with Crippen molar-refractivity contribution in [1.29, 1.82) is 0 Å². The van der Waals surface area contributed by atoms with Crippen LogP contribution in [0.4, 0.5) is 0 Å². The maximum Gasteiger partial charge on any atom is 0.248 e. The maximum absolute atomic E-state index is 13.0. The topological polar surface area (TPSA) is 95.8 Å². The number of nitrogens with one attached hydrogen (secondary N) is 1. The number of likely N-dealkylation sites (N-methyl/N-ethyl adjacent to an activating group) is 1. The number of piperidine rings is 1. The lowest BCUT2D eigenvalue weighted by atomic mass is 9.97. The molecule has 176 valence electrons. The van der Waals surface area contributed by atoms with Crippen LogP contribution < -0.4 is 5.32 Å². The highest BCUT2D eigenvalue weighted by Gasteiger charge is 2.35. The van der Waals surface area contributed by atoms with Crippen molar-refractivity contribution >= 4 is 15.9 Å². The summed E-state index contributed by atoms with van der Waals surface area (Å²) in [7, 11) is -3.67. The fourth-order valence-electron chi connectivity index (χ4n) is 4.47. The molecule has 1 atom stereocenters. The minimum atomic E-state index is -3.67. The van der Waals surface area contributed by atoms with Gasteiger partial charge in [0.05, 0.1) is 6.04 Å². The second kappa shape index (κ2) is 10.6. The Morgan fingerprint density at radius 2 is 1.81 bits per heavy atom. The number of hydrogen-bond acceptors (Lipinski definition) is 6. The predicted molar refractivity (Wildman–Crippen MR) is 123 cm³/mol. The normalized spacial score (nSPS) is 16.9. The van der Waals surface area contributed by atoms with Crippen molar-refractivity contribution in [2.45, 2.75) is 51.5 Å². The van der Waals surface area contributed by atoms with Gasteiger partial charge in [0.1, 0.15) is 10.6 Å². The van der Waals surface area contributed by atoms with Gasteiger partial charge >= 0.3 is 0 Å². The largest absolute Gasteiger partial charge is 0.360 e. The Hall–Kier alpha value is -2.23. The first-order valence-electron chi connectivity index (χ1n) is 11.3. The summed E-state index contributed by atoms with van der Waals surface area (Å²) < 4.78 is 32.5. The molecule has 1 aliphatic rings. The molecule has 0 aliphatic carbocycles. The standard InChI is InChI=1S/C23H34N4O4S/c1-5-26(6-2)21(19-10-8-7-9-11-19)16-24-23(28)20-12-14-27(15-13-20)32(29,30)22-17(3)25-31-18(22)4/h7-11,20-21H,5-6,12-16H2,1-4H3,(H,24,28). The van der Waals surface area contributed by atoms with Crippen LogP contribution in [0.25, 0.3) is 0 Å². The molecule has 0 saturated carbocycles. The number of nitrogens with zero attached hydrogens (tertiary/aromatic N) is 3. The third kappa shape index (κ3) is 5.22. The highest BCUT2D eigenvalue weighted by atomic mass is 32.2. The Morgan fingerprint density at radius 3 is 2.34 bits per heavy atom. The minimum absolute atomic E-state index is 0.00697. The zero-order valence-corrected chi connectivity index (χ0v) is 20.2. The van der Waals surface area contributed by atoms with Crippen LogP contribution in [0.3, 0.4) is 0 Å². The van der Waals surface area contributed by atoms with Gasteiger partial charge in [-0.05, 0) is 45.3 Å². The number of aromatic nitrogens is 1. The van der Waals surface area contributed by atoms with E-state index in [0.29, 0.717) is 43.9 Å². The van der Waals surface area contributed by atoms with Gasteiger partial charge in [-0.15, -0.1) is 0 Å². The first kappa shape index (κ1) is 24.4. The number of carbonyl (C=O) groups is 1. The Bertz CT molecular complexity index is 975. The van der Waals surface area contributed by atoms with Crippen LogP contribution in [0.15, 0.2) is 39.8 Å². The van der Waals surface area contributed by atoms with Gasteiger partial charge in [0.15, 0.2) is 5.76 Å². The number of rotatable bonds is 9. The highest BCUT2D eigenvalue weighted by molar-refractivity contribution is 7.89. The Morgan fingerprint density at radius 1 is 1.19 bits per heavy atom. The molecule has 1 aromatic heterocycles. The van der Waals surface area contributed by atoms with E-state index in [2.05, 4.69) is 41.4 Å². The molecule has 0 spiro atoms. The van der Waals surface area contributed by atoms with E-state index in [1.54, 1.807) is 13.8 Å². The van der Waals surface area contributed by atoms with Crippen LogP contribution in [0, 0.1) is 19.8 Å². The molecule has 1 aliphatic heterocycles. The highest BCUT2D eigenvalue weighted by Crippen LogP contribution is 2.28. The molecule has 2 heterocycles. The molecule has 1 aromatic carbocycles. The molecule has 32 heavy (non-hydrogen) atoms. The van der Waals surface area contributed by atoms with E-state index < -0.39 is 10.0 Å². The lowest BCUT2D eigenvalue weighted by Crippen LogP contribution is -2.45. The first-order chi connectivity index (χ1) is 15.3. The summed E-state index contributed by atoms with van der Waals surface area (Å²) in [4.78, 5) is 15.4. The number of benzene rings is 1. The van der Waals surface area contributed by atoms with Crippen molar-refractivity contribution in [3.8, 4) is 0 Å². The van der Waals surface area contributed by atoms with Crippen molar-refractivity contribution < 1.29 is 17.7 Å². The summed E-state index contributed by atoms with van der Waals surface area (Å²) in [6, 6.07) is 10.3. The zero-order chi connectivity index (χ0) is 23.3. The summed E-state index contributed by atoms with van der Waals surface area (Å²) in [5, 5.41) is 6.89. The van der Waals surface area contributed by atoms with Gasteiger partial charge in [-0.3, -0.25) is 9.69 Å². The molecule has 8 nitrogen and oxygen atoms in total. The van der Waals surface area contributed by atoms with E-state index in [4.69, 9.17) is 4.52 Å². The fraction of sp³-hybridized carbons (Fsp3) is 0.565. The van der Waals surface area contributed by atoms with E-state index in [0.717, 1.165) is 13.1 Å². The molecular formula is C23H34N4O4S. The molecular weight excluding hydrogens is 428 g/mol. The number of hydrogen-bond donors (Lipinski definition) is 1. The van der Waals surface area contributed by atoms with E-state index in [1.807, 2.05) is 18.2 Å². The Balaban J connectivity index is 1.60. The molecule has 9 heteroatoms. The van der Waals surface area contributed by atoms with Gasteiger partial charge in [0.2, 0.25) is 15.9 Å². The average Bonchev–Trinajstić information content (AvgIpc) is 3.15. The third-order valence-electron chi connectivity index (χ3n) is 6.30. The number of carbonyl (C=O) groups excluding carboxylic acids is 1. The predicted octanol–water partition coefficient (Wildman–Crippen LogP) is 2.89. The smallest absolute Gasteiger partial charge is 0.248 e. The van der Waals surface area contributed by atoms with Gasteiger partial charge in [0, 0.05) is 25.6 Å². The van der Waals surface area contributed by atoms with Crippen LogP contribution in [-0.2, 0) is 14.8 Å². The zero-order valence-electron chi connectivity index (χ0n) is 19.4. The summed E-state index contributed by atoms with van der Waals surface area (Å²) in [5.41, 5.74) is 1.54. The monoisotopic (exact) mass is 462 g/mol. The van der Waals surface area contributed by atoms with Crippen LogP contribution in [0.2, 0.25) is 0 Å². The van der Waals surface area contributed by atoms with Gasteiger partial charge in [-0.2, -0.15) is 4.31 Å².